The van der Waals surface area contributed by atoms with Gasteiger partial charge in [-0.15, -0.1) is 0 Å². The van der Waals surface area contributed by atoms with Crippen LogP contribution in [0.1, 0.15) is 15.9 Å². The molecule has 12 heteroatoms. The third-order valence-electron chi connectivity index (χ3n) is 5.73. The Morgan fingerprint density at radius 1 is 1.05 bits per heavy atom. The quantitative estimate of drug-likeness (QED) is 0.405. The number of amides is 2. The summed E-state index contributed by atoms with van der Waals surface area (Å²) in [6.07, 6.45) is 0. The molecule has 200 valence electrons. The van der Waals surface area contributed by atoms with Gasteiger partial charge in [-0.25, -0.2) is 0 Å². The second-order valence-corrected chi connectivity index (χ2v) is 10.3. The molecule has 2 aliphatic rings. The molecule has 0 spiro atoms. The van der Waals surface area contributed by atoms with Gasteiger partial charge in [-0.3, -0.25) is 14.1 Å². The number of fused-ring (bicyclic) bond motifs is 1. The van der Waals surface area contributed by atoms with E-state index in [1.165, 1.54) is 12.1 Å². The normalized spacial score (nSPS) is 14.8. The number of benzene rings is 3. The number of nitrogens with zero attached hydrogens (tertiary/aromatic N) is 1. The van der Waals surface area contributed by atoms with Crippen molar-refractivity contribution in [1.82, 2.24) is 5.32 Å². The van der Waals surface area contributed by atoms with Gasteiger partial charge < -0.3 is 25.0 Å². The van der Waals surface area contributed by atoms with Gasteiger partial charge in [0.05, 0.1) is 23.8 Å². The number of morpholine rings is 1. The minimum atomic E-state index is -4.26. The van der Waals surface area contributed by atoms with Gasteiger partial charge in [0.2, 0.25) is 0 Å². The fraction of sp³-hybridized carbons (Fsp3) is 0.231. The minimum absolute atomic E-state index is 0.0740. The fourth-order valence-electron chi connectivity index (χ4n) is 3.77. The minimum Gasteiger partial charge on any atom is -0.482 e. The van der Waals surface area contributed by atoms with E-state index in [1.807, 2.05) is 48.5 Å². The van der Waals surface area contributed by atoms with Gasteiger partial charge in [0.25, 0.3) is 21.9 Å². The molecule has 0 unspecified atom stereocenters. The van der Waals surface area contributed by atoms with Crippen molar-refractivity contribution in [3.05, 3.63) is 82.9 Å². The highest BCUT2D eigenvalue weighted by Gasteiger charge is 2.19. The molecule has 2 amide bonds. The smallest absolute Gasteiger partial charge is 0.294 e. The Hall–Kier alpha value is -3.64. The SMILES string of the molecule is O=C(NCc1ccc(Cl)cc1)c1cccc(N2CCOCC2)c1.O=C1COc2ccc(S(=O)(=O)O)cc2N1. The Labute approximate surface area is 225 Å². The summed E-state index contributed by atoms with van der Waals surface area (Å²) in [5.41, 5.74) is 2.99. The maximum Gasteiger partial charge on any atom is 0.294 e. The standard InChI is InChI=1S/C18H19ClN2O2.C8H7NO5S/c19-16-6-4-14(5-7-16)13-20-18(22)15-2-1-3-17(12-15)21-8-10-23-11-9-21;10-8-4-14-7-2-1-5(15(11,12)13)3-6(7)9-8/h1-7,12H,8-11,13H2,(H,20,22);1-3H,4H2,(H,9,10)(H,11,12,13). The van der Waals surface area contributed by atoms with Gasteiger partial charge >= 0.3 is 0 Å². The lowest BCUT2D eigenvalue weighted by molar-refractivity contribution is -0.118. The number of hydrogen-bond donors (Lipinski definition) is 3. The van der Waals surface area contributed by atoms with E-state index >= 15 is 0 Å². The monoisotopic (exact) mass is 559 g/mol. The molecule has 10 nitrogen and oxygen atoms in total. The third kappa shape index (κ3) is 7.45. The number of anilines is 2. The predicted molar refractivity (Wildman–Crippen MR) is 142 cm³/mol. The molecule has 0 aromatic heterocycles. The van der Waals surface area contributed by atoms with Crippen LogP contribution in [0.15, 0.2) is 71.6 Å². The molecule has 1 saturated heterocycles. The Morgan fingerprint density at radius 2 is 1.79 bits per heavy atom. The summed E-state index contributed by atoms with van der Waals surface area (Å²) in [4.78, 5) is 25.2. The molecule has 3 aromatic carbocycles. The van der Waals surface area contributed by atoms with E-state index in [2.05, 4.69) is 15.5 Å². The van der Waals surface area contributed by atoms with Crippen LogP contribution in [0.25, 0.3) is 0 Å². The molecular formula is C26H26ClN3O7S. The lowest BCUT2D eigenvalue weighted by atomic mass is 10.1. The molecule has 2 aliphatic heterocycles. The first-order valence-electron chi connectivity index (χ1n) is 11.7. The highest BCUT2D eigenvalue weighted by atomic mass is 35.5. The van der Waals surface area contributed by atoms with E-state index in [1.54, 1.807) is 0 Å². The summed E-state index contributed by atoms with van der Waals surface area (Å²) < 4.78 is 40.8. The van der Waals surface area contributed by atoms with E-state index in [-0.39, 0.29) is 29.0 Å². The maximum atomic E-state index is 12.3. The van der Waals surface area contributed by atoms with Crippen LogP contribution in [0.3, 0.4) is 0 Å². The average molecular weight is 560 g/mol. The molecule has 0 bridgehead atoms. The van der Waals surface area contributed by atoms with Crippen LogP contribution in [0.4, 0.5) is 11.4 Å². The van der Waals surface area contributed by atoms with Gasteiger partial charge in [-0.05, 0) is 54.1 Å². The molecule has 0 atom stereocenters. The van der Waals surface area contributed by atoms with Crippen molar-refractivity contribution in [1.29, 1.82) is 0 Å². The van der Waals surface area contributed by atoms with E-state index in [0.717, 1.165) is 43.6 Å². The van der Waals surface area contributed by atoms with Crippen LogP contribution in [0.5, 0.6) is 5.75 Å². The van der Waals surface area contributed by atoms with Crippen molar-refractivity contribution < 1.29 is 32.0 Å². The zero-order chi connectivity index (χ0) is 27.1. The first-order valence-corrected chi connectivity index (χ1v) is 13.5. The molecule has 2 heterocycles. The summed E-state index contributed by atoms with van der Waals surface area (Å²) in [6.45, 7) is 3.56. The van der Waals surface area contributed by atoms with E-state index in [9.17, 15) is 18.0 Å². The van der Waals surface area contributed by atoms with Crippen molar-refractivity contribution >= 4 is 44.9 Å². The summed E-state index contributed by atoms with van der Waals surface area (Å²) >= 11 is 5.86. The van der Waals surface area contributed by atoms with E-state index < -0.39 is 10.1 Å². The van der Waals surface area contributed by atoms with Crippen LogP contribution in [-0.2, 0) is 26.2 Å². The van der Waals surface area contributed by atoms with Gasteiger partial charge in [-0.1, -0.05) is 29.8 Å². The van der Waals surface area contributed by atoms with Gasteiger partial charge in [0, 0.05) is 35.9 Å². The first kappa shape index (κ1) is 27.4. The number of carbonyl (C=O) groups excluding carboxylic acids is 2. The zero-order valence-corrected chi connectivity index (χ0v) is 21.8. The molecular weight excluding hydrogens is 534 g/mol. The molecule has 1 fully saturated rings. The van der Waals surface area contributed by atoms with E-state index in [0.29, 0.717) is 22.9 Å². The second-order valence-electron chi connectivity index (χ2n) is 8.43. The zero-order valence-electron chi connectivity index (χ0n) is 20.2. The summed E-state index contributed by atoms with van der Waals surface area (Å²) in [6, 6.07) is 18.9. The maximum absolute atomic E-state index is 12.3. The van der Waals surface area contributed by atoms with Crippen LogP contribution >= 0.6 is 11.6 Å². The van der Waals surface area contributed by atoms with Crippen molar-refractivity contribution in [3.63, 3.8) is 0 Å². The highest BCUT2D eigenvalue weighted by molar-refractivity contribution is 7.85. The number of rotatable bonds is 5. The number of carbonyl (C=O) groups is 2. The number of ether oxygens (including phenoxy) is 2. The summed E-state index contributed by atoms with van der Waals surface area (Å²) in [5, 5.41) is 6.07. The largest absolute Gasteiger partial charge is 0.482 e. The molecule has 3 aromatic rings. The summed E-state index contributed by atoms with van der Waals surface area (Å²) in [5.74, 6) is -0.0629. The molecule has 5 rings (SSSR count). The van der Waals surface area contributed by atoms with Crippen LogP contribution in [-0.4, -0.2) is 57.7 Å². The average Bonchev–Trinajstić information content (AvgIpc) is 2.92. The van der Waals surface area contributed by atoms with Gasteiger partial charge in [0.1, 0.15) is 5.75 Å². The molecule has 0 saturated carbocycles. The van der Waals surface area contributed by atoms with Crippen LogP contribution < -0.4 is 20.3 Å². The van der Waals surface area contributed by atoms with Gasteiger partial charge in [-0.2, -0.15) is 8.42 Å². The lowest BCUT2D eigenvalue weighted by Crippen LogP contribution is -2.36. The number of hydrogen-bond acceptors (Lipinski definition) is 7. The first-order chi connectivity index (χ1) is 18.2. The number of halogens is 1. The van der Waals surface area contributed by atoms with Crippen LogP contribution in [0.2, 0.25) is 5.02 Å². The molecule has 0 radical (unpaired) electrons. The van der Waals surface area contributed by atoms with Gasteiger partial charge in [0.15, 0.2) is 6.61 Å². The second kappa shape index (κ2) is 12.3. The van der Waals surface area contributed by atoms with Crippen molar-refractivity contribution in [3.8, 4) is 5.75 Å². The van der Waals surface area contributed by atoms with Crippen molar-refractivity contribution in [2.45, 2.75) is 11.4 Å². The topological polar surface area (TPSA) is 134 Å². The Balaban J connectivity index is 0.000000194. The lowest BCUT2D eigenvalue weighted by Gasteiger charge is -2.29. The Morgan fingerprint density at radius 3 is 2.50 bits per heavy atom. The Kier molecular flexibility index (Phi) is 8.85. The van der Waals surface area contributed by atoms with Crippen LogP contribution in [0, 0.1) is 0 Å². The highest BCUT2D eigenvalue weighted by Crippen LogP contribution is 2.29. The van der Waals surface area contributed by atoms with Crippen molar-refractivity contribution in [2.75, 3.05) is 43.1 Å². The third-order valence-corrected chi connectivity index (χ3v) is 6.83. The van der Waals surface area contributed by atoms with E-state index in [4.69, 9.17) is 25.6 Å². The number of nitrogens with one attached hydrogen (secondary N) is 2. The summed E-state index contributed by atoms with van der Waals surface area (Å²) in [7, 11) is -4.26. The fourth-order valence-corrected chi connectivity index (χ4v) is 4.41. The molecule has 0 aliphatic carbocycles. The Bertz CT molecular complexity index is 1410. The molecule has 38 heavy (non-hydrogen) atoms. The molecule has 3 N–H and O–H groups in total. The predicted octanol–water partition coefficient (Wildman–Crippen LogP) is 3.37. The van der Waals surface area contributed by atoms with Crippen molar-refractivity contribution in [2.24, 2.45) is 0 Å².